The smallest absolute Gasteiger partial charge is 0.306 e. The summed E-state index contributed by atoms with van der Waals surface area (Å²) in [5.74, 6) is -0.548. The maximum Gasteiger partial charge on any atom is 0.306 e. The molecule has 0 amide bonds. The van der Waals surface area contributed by atoms with Crippen LogP contribution in [0.25, 0.3) is 0 Å². The van der Waals surface area contributed by atoms with Crippen molar-refractivity contribution >= 4 is 17.9 Å². The lowest BCUT2D eigenvalue weighted by Gasteiger charge is -2.18. The molecule has 0 radical (unpaired) electrons. The first-order chi connectivity index (χ1) is 32.5. The Balaban J connectivity index is 4.35. The Morgan fingerprint density at radius 3 is 0.955 bits per heavy atom. The van der Waals surface area contributed by atoms with Gasteiger partial charge in [-0.2, -0.15) is 0 Å². The molecule has 0 aliphatic carbocycles. The number of carbonyl (C=O) groups excluding carboxylic acids is 3. The van der Waals surface area contributed by atoms with E-state index in [9.17, 15) is 14.4 Å². The summed E-state index contributed by atoms with van der Waals surface area (Å²) in [5, 5.41) is 0. The van der Waals surface area contributed by atoms with Crippen molar-refractivity contribution in [3.63, 3.8) is 0 Å². The summed E-state index contributed by atoms with van der Waals surface area (Å²) in [5.41, 5.74) is 0. The van der Waals surface area contributed by atoms with Crippen LogP contribution in [-0.2, 0) is 28.6 Å². The van der Waals surface area contributed by atoms with Gasteiger partial charge in [-0.1, -0.05) is 211 Å². The summed E-state index contributed by atoms with van der Waals surface area (Å²) in [6, 6.07) is 0. The summed E-state index contributed by atoms with van der Waals surface area (Å²) < 4.78 is 17.1. The molecule has 0 heterocycles. The third-order valence-electron chi connectivity index (χ3n) is 12.8. The molecule has 0 aliphatic rings. The van der Waals surface area contributed by atoms with E-state index in [0.717, 1.165) is 83.5 Å². The van der Waals surface area contributed by atoms with Gasteiger partial charge in [-0.15, -0.1) is 0 Å². The molecule has 0 bridgehead atoms. The number of hydrogen-bond acceptors (Lipinski definition) is 6. The van der Waals surface area contributed by atoms with Gasteiger partial charge < -0.3 is 14.2 Å². The zero-order valence-corrected chi connectivity index (χ0v) is 44.2. The van der Waals surface area contributed by atoms with Crippen molar-refractivity contribution in [1.29, 1.82) is 0 Å². The normalized spacial score (nSPS) is 12.2. The van der Waals surface area contributed by atoms with Crippen LogP contribution in [0.1, 0.15) is 310 Å². The van der Waals surface area contributed by atoms with Gasteiger partial charge in [0.15, 0.2) is 0 Å². The molecule has 0 aromatic rings. The Morgan fingerprint density at radius 1 is 0.318 bits per heavy atom. The Morgan fingerprint density at radius 2 is 0.606 bits per heavy atom. The molecule has 1 unspecified atom stereocenters. The van der Waals surface area contributed by atoms with Crippen molar-refractivity contribution in [3.8, 4) is 0 Å². The molecule has 0 fully saturated rings. The zero-order chi connectivity index (χ0) is 47.9. The van der Waals surface area contributed by atoms with Crippen LogP contribution in [0.2, 0.25) is 0 Å². The van der Waals surface area contributed by atoms with E-state index in [0.29, 0.717) is 38.7 Å². The second-order valence-corrected chi connectivity index (χ2v) is 19.5. The van der Waals surface area contributed by atoms with Crippen molar-refractivity contribution in [3.05, 3.63) is 36.5 Å². The van der Waals surface area contributed by atoms with Crippen LogP contribution >= 0.6 is 0 Å². The van der Waals surface area contributed by atoms with Gasteiger partial charge >= 0.3 is 17.9 Å². The molecule has 0 N–H and O–H groups in total. The Hall–Kier alpha value is -2.37. The van der Waals surface area contributed by atoms with E-state index in [1.165, 1.54) is 173 Å². The standard InChI is InChI=1S/C60H110O6/c1-4-7-10-13-16-19-22-25-28-31-34-37-40-43-46-52-58(61)64-55-50-49-51-57(66-60(63)54-48-45-42-39-36-33-30-27-24-21-18-15-12-9-6-3)56-65-59(62)53-47-44-41-38-35-32-29-26-23-20-17-14-11-8-5-2/h25-30,57H,4-24,31-56H2,1-3H3/b28-25-,29-26-,30-27-. The van der Waals surface area contributed by atoms with Gasteiger partial charge in [0.1, 0.15) is 12.7 Å². The maximum atomic E-state index is 12.9. The van der Waals surface area contributed by atoms with Crippen molar-refractivity contribution in [2.24, 2.45) is 0 Å². The fourth-order valence-corrected chi connectivity index (χ4v) is 8.43. The first kappa shape index (κ1) is 63.6. The first-order valence-corrected chi connectivity index (χ1v) is 29.0. The molecule has 6 nitrogen and oxygen atoms in total. The quantitative estimate of drug-likeness (QED) is 0.0262. The van der Waals surface area contributed by atoms with Gasteiger partial charge in [0, 0.05) is 19.3 Å². The third-order valence-corrected chi connectivity index (χ3v) is 12.8. The van der Waals surface area contributed by atoms with E-state index < -0.39 is 6.10 Å². The molecule has 0 aromatic heterocycles. The van der Waals surface area contributed by atoms with Crippen molar-refractivity contribution < 1.29 is 28.6 Å². The maximum absolute atomic E-state index is 12.9. The highest BCUT2D eigenvalue weighted by atomic mass is 16.6. The molecular weight excluding hydrogens is 817 g/mol. The lowest BCUT2D eigenvalue weighted by molar-refractivity contribution is -0.159. The van der Waals surface area contributed by atoms with Crippen LogP contribution in [-0.4, -0.2) is 37.2 Å². The molecule has 0 saturated heterocycles. The SMILES string of the molecule is CCCCCCCC/C=C\CCCCCCCC(=O)OCCCCC(COC(=O)CCCCCCC/C=C\CCCCCCCC)OC(=O)CCCCCCC/C=C\CCCCCCCC. The van der Waals surface area contributed by atoms with Crippen LogP contribution in [0, 0.1) is 0 Å². The van der Waals surface area contributed by atoms with E-state index in [1.807, 2.05) is 0 Å². The van der Waals surface area contributed by atoms with Gasteiger partial charge in [0.2, 0.25) is 0 Å². The minimum Gasteiger partial charge on any atom is -0.466 e. The monoisotopic (exact) mass is 927 g/mol. The number of carbonyl (C=O) groups is 3. The van der Waals surface area contributed by atoms with Gasteiger partial charge in [-0.3, -0.25) is 14.4 Å². The van der Waals surface area contributed by atoms with Crippen LogP contribution in [0.15, 0.2) is 36.5 Å². The number of rotatable bonds is 53. The highest BCUT2D eigenvalue weighted by Gasteiger charge is 2.17. The molecular formula is C60H110O6. The lowest BCUT2D eigenvalue weighted by atomic mass is 10.1. The van der Waals surface area contributed by atoms with Gasteiger partial charge in [-0.05, 0) is 116 Å². The summed E-state index contributed by atoms with van der Waals surface area (Å²) in [4.78, 5) is 37.9. The van der Waals surface area contributed by atoms with Gasteiger partial charge in [0.25, 0.3) is 0 Å². The van der Waals surface area contributed by atoms with Crippen LogP contribution in [0.3, 0.4) is 0 Å². The van der Waals surface area contributed by atoms with E-state index in [4.69, 9.17) is 14.2 Å². The van der Waals surface area contributed by atoms with Crippen LogP contribution in [0.4, 0.5) is 0 Å². The average molecular weight is 928 g/mol. The summed E-state index contributed by atoms with van der Waals surface area (Å²) in [6.07, 6.45) is 64.7. The van der Waals surface area contributed by atoms with Crippen molar-refractivity contribution in [2.75, 3.05) is 13.2 Å². The van der Waals surface area contributed by atoms with E-state index in [2.05, 4.69) is 57.2 Å². The second kappa shape index (κ2) is 55.2. The predicted molar refractivity (Wildman–Crippen MR) is 284 cm³/mol. The number of hydrogen-bond donors (Lipinski definition) is 0. The number of ether oxygens (including phenoxy) is 3. The molecule has 0 aliphatic heterocycles. The molecule has 66 heavy (non-hydrogen) atoms. The molecule has 0 aromatic carbocycles. The topological polar surface area (TPSA) is 78.9 Å². The summed E-state index contributed by atoms with van der Waals surface area (Å²) in [6.45, 7) is 7.26. The second-order valence-electron chi connectivity index (χ2n) is 19.5. The third kappa shape index (κ3) is 52.6. The van der Waals surface area contributed by atoms with Crippen LogP contribution in [0.5, 0.6) is 0 Å². The average Bonchev–Trinajstić information content (AvgIpc) is 3.31. The van der Waals surface area contributed by atoms with E-state index >= 15 is 0 Å². The Bertz CT molecular complexity index is 1110. The largest absolute Gasteiger partial charge is 0.466 e. The minimum atomic E-state index is -0.467. The van der Waals surface area contributed by atoms with Crippen molar-refractivity contribution in [2.45, 2.75) is 316 Å². The summed E-state index contributed by atoms with van der Waals surface area (Å²) in [7, 11) is 0. The molecule has 0 spiro atoms. The van der Waals surface area contributed by atoms with E-state index in [-0.39, 0.29) is 24.5 Å². The molecule has 0 rings (SSSR count). The number of unbranched alkanes of at least 4 members (excludes halogenated alkanes) is 34. The first-order valence-electron chi connectivity index (χ1n) is 29.0. The highest BCUT2D eigenvalue weighted by molar-refractivity contribution is 5.70. The Labute approximate surface area is 410 Å². The van der Waals surface area contributed by atoms with Gasteiger partial charge in [-0.25, -0.2) is 0 Å². The van der Waals surface area contributed by atoms with E-state index in [1.54, 1.807) is 0 Å². The van der Waals surface area contributed by atoms with Crippen LogP contribution < -0.4 is 0 Å². The van der Waals surface area contributed by atoms with Crippen molar-refractivity contribution in [1.82, 2.24) is 0 Å². The lowest BCUT2D eigenvalue weighted by Crippen LogP contribution is -2.25. The fourth-order valence-electron chi connectivity index (χ4n) is 8.43. The summed E-state index contributed by atoms with van der Waals surface area (Å²) >= 11 is 0. The molecule has 6 heteroatoms. The number of allylic oxidation sites excluding steroid dienone is 6. The zero-order valence-electron chi connectivity index (χ0n) is 44.2. The number of esters is 3. The highest BCUT2D eigenvalue weighted by Crippen LogP contribution is 2.16. The minimum absolute atomic E-state index is 0.0945. The van der Waals surface area contributed by atoms with Gasteiger partial charge in [0.05, 0.1) is 6.61 Å². The molecule has 386 valence electrons. The predicted octanol–water partition coefficient (Wildman–Crippen LogP) is 19.3. The molecule has 1 atom stereocenters. The fraction of sp³-hybridized carbons (Fsp3) is 0.850. The molecule has 0 saturated carbocycles. The Kier molecular flexibility index (Phi) is 53.2.